The first kappa shape index (κ1) is 14.9. The molecular formula is C16H13F3N2. The van der Waals surface area contributed by atoms with Crippen LogP contribution in [0.15, 0.2) is 36.4 Å². The van der Waals surface area contributed by atoms with Crippen LogP contribution in [0.3, 0.4) is 0 Å². The zero-order valence-corrected chi connectivity index (χ0v) is 11.5. The Kier molecular flexibility index (Phi) is 3.90. The lowest BCUT2D eigenvalue weighted by Gasteiger charge is -2.15. The number of hydrogen-bond acceptors (Lipinski definition) is 2. The van der Waals surface area contributed by atoms with Gasteiger partial charge >= 0.3 is 6.18 Å². The maximum Gasteiger partial charge on any atom is 0.416 e. The number of aryl methyl sites for hydroxylation is 2. The van der Waals surface area contributed by atoms with Crippen molar-refractivity contribution in [3.63, 3.8) is 0 Å². The van der Waals surface area contributed by atoms with Gasteiger partial charge in [0.25, 0.3) is 0 Å². The van der Waals surface area contributed by atoms with E-state index in [-0.39, 0.29) is 0 Å². The van der Waals surface area contributed by atoms with Crippen molar-refractivity contribution in [2.75, 3.05) is 5.32 Å². The van der Waals surface area contributed by atoms with Crippen LogP contribution in [0.2, 0.25) is 0 Å². The number of para-hydroxylation sites is 1. The molecule has 0 bridgehead atoms. The van der Waals surface area contributed by atoms with Crippen LogP contribution in [0.25, 0.3) is 0 Å². The normalized spacial score (nSPS) is 11.0. The SMILES string of the molecule is Cc1ccc(C(F)(F)F)cc1Nc1c(C)cccc1C#N. The third-order valence-electron chi connectivity index (χ3n) is 3.22. The Bertz CT molecular complexity index is 712. The largest absolute Gasteiger partial charge is 0.416 e. The average molecular weight is 290 g/mol. The van der Waals surface area contributed by atoms with E-state index in [2.05, 4.69) is 5.32 Å². The Balaban J connectivity index is 2.48. The molecule has 0 heterocycles. The molecule has 5 heteroatoms. The minimum Gasteiger partial charge on any atom is -0.354 e. The molecule has 0 aromatic heterocycles. The molecule has 0 radical (unpaired) electrons. The fraction of sp³-hybridized carbons (Fsp3) is 0.188. The molecule has 2 nitrogen and oxygen atoms in total. The van der Waals surface area contributed by atoms with Gasteiger partial charge in [-0.1, -0.05) is 18.2 Å². The van der Waals surface area contributed by atoms with Gasteiger partial charge in [0.2, 0.25) is 0 Å². The van der Waals surface area contributed by atoms with Crippen molar-refractivity contribution in [1.82, 2.24) is 0 Å². The van der Waals surface area contributed by atoms with Crippen LogP contribution in [0.4, 0.5) is 24.5 Å². The molecule has 0 spiro atoms. The first-order valence-corrected chi connectivity index (χ1v) is 6.27. The number of benzene rings is 2. The summed E-state index contributed by atoms with van der Waals surface area (Å²) < 4.78 is 38.3. The van der Waals surface area contributed by atoms with Gasteiger partial charge in [-0.3, -0.25) is 0 Å². The predicted molar refractivity (Wildman–Crippen MR) is 75.4 cm³/mol. The minimum absolute atomic E-state index is 0.343. The molecule has 0 saturated carbocycles. The minimum atomic E-state index is -4.39. The fourth-order valence-electron chi connectivity index (χ4n) is 1.99. The molecule has 2 aromatic rings. The summed E-state index contributed by atoms with van der Waals surface area (Å²) in [6, 6.07) is 10.7. The van der Waals surface area contributed by atoms with E-state index in [1.807, 2.05) is 6.07 Å². The Labute approximate surface area is 120 Å². The number of rotatable bonds is 2. The molecular weight excluding hydrogens is 277 g/mol. The number of halogens is 3. The van der Waals surface area contributed by atoms with Crippen LogP contribution in [0.1, 0.15) is 22.3 Å². The van der Waals surface area contributed by atoms with Crippen LogP contribution >= 0.6 is 0 Å². The predicted octanol–water partition coefficient (Wildman–Crippen LogP) is 4.94. The van der Waals surface area contributed by atoms with Crippen LogP contribution in [-0.4, -0.2) is 0 Å². The second kappa shape index (κ2) is 5.49. The van der Waals surface area contributed by atoms with E-state index in [0.29, 0.717) is 22.5 Å². The van der Waals surface area contributed by atoms with Gasteiger partial charge in [0.1, 0.15) is 6.07 Å². The molecule has 0 aliphatic heterocycles. The van der Waals surface area contributed by atoms with Gasteiger partial charge in [-0.2, -0.15) is 18.4 Å². The number of nitriles is 1. The summed E-state index contributed by atoms with van der Waals surface area (Å²) in [5.74, 6) is 0. The molecule has 0 aliphatic rings. The number of nitrogens with zero attached hydrogens (tertiary/aromatic N) is 1. The van der Waals surface area contributed by atoms with Crippen molar-refractivity contribution < 1.29 is 13.2 Å². The number of hydrogen-bond donors (Lipinski definition) is 1. The summed E-state index contributed by atoms with van der Waals surface area (Å²) in [6.45, 7) is 3.51. The van der Waals surface area contributed by atoms with E-state index >= 15 is 0 Å². The van der Waals surface area contributed by atoms with Crippen molar-refractivity contribution in [2.24, 2.45) is 0 Å². The highest BCUT2D eigenvalue weighted by molar-refractivity contribution is 5.71. The van der Waals surface area contributed by atoms with Gasteiger partial charge in [0.05, 0.1) is 16.8 Å². The third kappa shape index (κ3) is 3.16. The van der Waals surface area contributed by atoms with Crippen molar-refractivity contribution in [1.29, 1.82) is 5.26 Å². The molecule has 0 aliphatic carbocycles. The highest BCUT2D eigenvalue weighted by atomic mass is 19.4. The summed E-state index contributed by atoms with van der Waals surface area (Å²) >= 11 is 0. The standard InChI is InChI=1S/C16H13F3N2/c1-10-6-7-13(16(17,18)19)8-14(10)21-15-11(2)4-3-5-12(15)9-20/h3-8,21H,1-2H3. The van der Waals surface area contributed by atoms with Crippen LogP contribution < -0.4 is 5.32 Å². The maximum absolute atomic E-state index is 12.8. The highest BCUT2D eigenvalue weighted by Gasteiger charge is 2.30. The van der Waals surface area contributed by atoms with Gasteiger partial charge in [-0.15, -0.1) is 0 Å². The number of anilines is 2. The van der Waals surface area contributed by atoms with Gasteiger partial charge in [-0.05, 0) is 43.2 Å². The Morgan fingerprint density at radius 3 is 2.38 bits per heavy atom. The van der Waals surface area contributed by atoms with Gasteiger partial charge in [0, 0.05) is 5.69 Å². The van der Waals surface area contributed by atoms with Crippen molar-refractivity contribution in [3.05, 3.63) is 58.7 Å². The molecule has 0 saturated heterocycles. The van der Waals surface area contributed by atoms with Crippen molar-refractivity contribution in [2.45, 2.75) is 20.0 Å². The Morgan fingerprint density at radius 1 is 1.05 bits per heavy atom. The lowest BCUT2D eigenvalue weighted by molar-refractivity contribution is -0.137. The first-order chi connectivity index (χ1) is 9.82. The van der Waals surface area contributed by atoms with Crippen LogP contribution in [0, 0.1) is 25.2 Å². The number of alkyl halides is 3. The monoisotopic (exact) mass is 290 g/mol. The highest BCUT2D eigenvalue weighted by Crippen LogP contribution is 2.34. The van der Waals surface area contributed by atoms with Crippen LogP contribution in [0.5, 0.6) is 0 Å². The second-order valence-corrected chi connectivity index (χ2v) is 4.76. The molecule has 0 amide bonds. The average Bonchev–Trinajstić information content (AvgIpc) is 2.41. The summed E-state index contributed by atoms with van der Waals surface area (Å²) in [6.07, 6.45) is -4.39. The van der Waals surface area contributed by atoms with Crippen molar-refractivity contribution >= 4 is 11.4 Å². The third-order valence-corrected chi connectivity index (χ3v) is 3.22. The van der Waals surface area contributed by atoms with E-state index in [4.69, 9.17) is 5.26 Å². The van der Waals surface area contributed by atoms with E-state index < -0.39 is 11.7 Å². The maximum atomic E-state index is 12.8. The van der Waals surface area contributed by atoms with E-state index in [1.54, 1.807) is 32.0 Å². The van der Waals surface area contributed by atoms with Gasteiger partial charge in [0.15, 0.2) is 0 Å². The summed E-state index contributed by atoms with van der Waals surface area (Å²) in [4.78, 5) is 0. The van der Waals surface area contributed by atoms with E-state index in [1.165, 1.54) is 6.07 Å². The topological polar surface area (TPSA) is 35.8 Å². The molecule has 0 unspecified atom stereocenters. The Morgan fingerprint density at radius 2 is 1.76 bits per heavy atom. The molecule has 0 atom stereocenters. The van der Waals surface area contributed by atoms with Gasteiger partial charge < -0.3 is 5.32 Å². The number of nitrogens with one attached hydrogen (secondary N) is 1. The lowest BCUT2D eigenvalue weighted by atomic mass is 10.1. The van der Waals surface area contributed by atoms with E-state index in [0.717, 1.165) is 17.7 Å². The summed E-state index contributed by atoms with van der Waals surface area (Å²) in [5.41, 5.74) is 2.02. The smallest absolute Gasteiger partial charge is 0.354 e. The Hall–Kier alpha value is -2.48. The molecule has 108 valence electrons. The molecule has 2 rings (SSSR count). The van der Waals surface area contributed by atoms with E-state index in [9.17, 15) is 13.2 Å². The zero-order chi connectivity index (χ0) is 15.6. The molecule has 0 fully saturated rings. The second-order valence-electron chi connectivity index (χ2n) is 4.76. The summed E-state index contributed by atoms with van der Waals surface area (Å²) in [7, 11) is 0. The molecule has 2 aromatic carbocycles. The van der Waals surface area contributed by atoms with Crippen LogP contribution in [-0.2, 0) is 6.18 Å². The van der Waals surface area contributed by atoms with Crippen molar-refractivity contribution in [3.8, 4) is 6.07 Å². The summed E-state index contributed by atoms with van der Waals surface area (Å²) in [5, 5.41) is 12.1. The lowest BCUT2D eigenvalue weighted by Crippen LogP contribution is -2.06. The molecule has 1 N–H and O–H groups in total. The quantitative estimate of drug-likeness (QED) is 0.850. The fourth-order valence-corrected chi connectivity index (χ4v) is 1.99. The molecule has 21 heavy (non-hydrogen) atoms. The first-order valence-electron chi connectivity index (χ1n) is 6.27. The zero-order valence-electron chi connectivity index (χ0n) is 11.5. The van der Waals surface area contributed by atoms with Gasteiger partial charge in [-0.25, -0.2) is 0 Å².